The van der Waals surface area contributed by atoms with E-state index in [1.807, 2.05) is 12.1 Å². The van der Waals surface area contributed by atoms with E-state index >= 15 is 0 Å². The summed E-state index contributed by atoms with van der Waals surface area (Å²) in [6.07, 6.45) is 0.418. The van der Waals surface area contributed by atoms with E-state index < -0.39 is 0 Å². The molecule has 0 saturated carbocycles. The Hall–Kier alpha value is -2.84. The highest BCUT2D eigenvalue weighted by Gasteiger charge is 2.16. The third-order valence-electron chi connectivity index (χ3n) is 3.71. The Morgan fingerprint density at radius 3 is 2.33 bits per heavy atom. The van der Waals surface area contributed by atoms with Crippen LogP contribution in [0, 0.1) is 17.1 Å². The second-order valence-corrected chi connectivity index (χ2v) is 5.84. The lowest BCUT2D eigenvalue weighted by Gasteiger charge is -2.04. The van der Waals surface area contributed by atoms with Crippen LogP contribution in [-0.2, 0) is 13.0 Å². The number of nitrogens with zero attached hydrogens (tertiary/aromatic N) is 3. The number of hydrogen-bond donors (Lipinski definition) is 1. The predicted octanol–water partition coefficient (Wildman–Crippen LogP) is 3.77. The lowest BCUT2D eigenvalue weighted by atomic mass is 10.1. The van der Waals surface area contributed by atoms with Gasteiger partial charge in [0.2, 0.25) is 0 Å². The monoisotopic (exact) mass is 340 g/mol. The molecule has 3 rings (SSSR count). The van der Waals surface area contributed by atoms with Gasteiger partial charge >= 0.3 is 0 Å². The van der Waals surface area contributed by atoms with Gasteiger partial charge in [0.05, 0.1) is 12.2 Å². The molecule has 0 bridgehead atoms. The zero-order valence-electron chi connectivity index (χ0n) is 12.7. The van der Waals surface area contributed by atoms with E-state index in [-0.39, 0.29) is 5.82 Å². The molecule has 0 fully saturated rings. The summed E-state index contributed by atoms with van der Waals surface area (Å²) < 4.78 is 14.6. The minimum atomic E-state index is -0.299. The van der Waals surface area contributed by atoms with Crippen molar-refractivity contribution in [1.29, 1.82) is 5.26 Å². The number of anilines is 1. The molecule has 6 heteroatoms. The molecule has 120 valence electrons. The Labute approximate surface area is 143 Å². The highest BCUT2D eigenvalue weighted by molar-refractivity contribution is 6.30. The van der Waals surface area contributed by atoms with Crippen molar-refractivity contribution in [2.24, 2.45) is 0 Å². The average molecular weight is 341 g/mol. The van der Waals surface area contributed by atoms with Crippen LogP contribution in [0.3, 0.4) is 0 Å². The number of halogens is 2. The molecule has 24 heavy (non-hydrogen) atoms. The fourth-order valence-electron chi connectivity index (χ4n) is 2.45. The molecule has 0 radical (unpaired) electrons. The first-order valence-electron chi connectivity index (χ1n) is 7.31. The summed E-state index contributed by atoms with van der Waals surface area (Å²) in [7, 11) is 0. The molecule has 0 amide bonds. The van der Waals surface area contributed by atoms with Crippen molar-refractivity contribution in [1.82, 2.24) is 9.78 Å². The molecule has 0 spiro atoms. The topological polar surface area (TPSA) is 67.6 Å². The SMILES string of the molecule is N#Cc1c(Cc2ccc(F)cc2)nn(Cc2ccc(Cl)cc2)c1N. The van der Waals surface area contributed by atoms with E-state index in [0.717, 1.165) is 11.1 Å². The largest absolute Gasteiger partial charge is 0.383 e. The van der Waals surface area contributed by atoms with E-state index in [1.54, 1.807) is 28.9 Å². The maximum absolute atomic E-state index is 13.0. The zero-order valence-corrected chi connectivity index (χ0v) is 13.5. The molecule has 1 heterocycles. The summed E-state index contributed by atoms with van der Waals surface area (Å²) in [5.41, 5.74) is 8.84. The van der Waals surface area contributed by atoms with Crippen LogP contribution in [0.15, 0.2) is 48.5 Å². The first-order valence-corrected chi connectivity index (χ1v) is 7.69. The highest BCUT2D eigenvalue weighted by atomic mass is 35.5. The van der Waals surface area contributed by atoms with Crippen LogP contribution in [0.25, 0.3) is 0 Å². The van der Waals surface area contributed by atoms with Crippen molar-refractivity contribution in [3.8, 4) is 6.07 Å². The maximum atomic E-state index is 13.0. The molecule has 4 nitrogen and oxygen atoms in total. The smallest absolute Gasteiger partial charge is 0.140 e. The van der Waals surface area contributed by atoms with Crippen molar-refractivity contribution in [2.75, 3.05) is 5.73 Å². The molecular formula is C18H14ClFN4. The molecule has 0 aliphatic carbocycles. The number of hydrogen-bond acceptors (Lipinski definition) is 3. The molecule has 0 atom stereocenters. The number of benzene rings is 2. The van der Waals surface area contributed by atoms with Gasteiger partial charge in [-0.25, -0.2) is 9.07 Å². The van der Waals surface area contributed by atoms with Gasteiger partial charge in [0.25, 0.3) is 0 Å². The normalized spacial score (nSPS) is 10.5. The third-order valence-corrected chi connectivity index (χ3v) is 3.96. The van der Waals surface area contributed by atoms with Gasteiger partial charge in [-0.1, -0.05) is 35.9 Å². The van der Waals surface area contributed by atoms with Crippen LogP contribution in [0.2, 0.25) is 5.02 Å². The van der Waals surface area contributed by atoms with Crippen molar-refractivity contribution in [2.45, 2.75) is 13.0 Å². The quantitative estimate of drug-likeness (QED) is 0.786. The van der Waals surface area contributed by atoms with Crippen molar-refractivity contribution in [3.63, 3.8) is 0 Å². The highest BCUT2D eigenvalue weighted by Crippen LogP contribution is 2.21. The van der Waals surface area contributed by atoms with E-state index in [1.165, 1.54) is 12.1 Å². The second kappa shape index (κ2) is 6.73. The Morgan fingerprint density at radius 1 is 1.08 bits per heavy atom. The lowest BCUT2D eigenvalue weighted by molar-refractivity contribution is 0.627. The van der Waals surface area contributed by atoms with Gasteiger partial charge in [0.1, 0.15) is 23.3 Å². The van der Waals surface area contributed by atoms with Gasteiger partial charge in [-0.05, 0) is 35.4 Å². The van der Waals surface area contributed by atoms with Gasteiger partial charge in [-0.3, -0.25) is 0 Å². The maximum Gasteiger partial charge on any atom is 0.140 e. The zero-order chi connectivity index (χ0) is 17.1. The van der Waals surface area contributed by atoms with Gasteiger partial charge in [0, 0.05) is 11.4 Å². The molecule has 0 aliphatic heterocycles. The molecule has 3 aromatic rings. The summed E-state index contributed by atoms with van der Waals surface area (Å²) in [4.78, 5) is 0. The minimum Gasteiger partial charge on any atom is -0.383 e. The van der Waals surface area contributed by atoms with E-state index in [2.05, 4.69) is 11.2 Å². The van der Waals surface area contributed by atoms with E-state index in [4.69, 9.17) is 17.3 Å². The molecule has 1 aromatic heterocycles. The molecule has 0 saturated heterocycles. The van der Waals surface area contributed by atoms with Crippen LogP contribution in [0.5, 0.6) is 0 Å². The summed E-state index contributed by atoms with van der Waals surface area (Å²) in [5.74, 6) is 0.0246. The molecule has 2 aromatic carbocycles. The van der Waals surface area contributed by atoms with Crippen molar-refractivity contribution in [3.05, 3.63) is 81.8 Å². The second-order valence-electron chi connectivity index (χ2n) is 5.41. The molecule has 0 unspecified atom stereocenters. The lowest BCUT2D eigenvalue weighted by Crippen LogP contribution is -2.06. The number of nitrogen functional groups attached to an aromatic ring is 1. The van der Waals surface area contributed by atoms with Crippen LogP contribution in [-0.4, -0.2) is 9.78 Å². The van der Waals surface area contributed by atoms with Crippen LogP contribution < -0.4 is 5.73 Å². The first-order chi connectivity index (χ1) is 11.6. The third kappa shape index (κ3) is 3.39. The van der Waals surface area contributed by atoms with E-state index in [9.17, 15) is 9.65 Å². The molecule has 2 N–H and O–H groups in total. The fraction of sp³-hybridized carbons (Fsp3) is 0.111. The Bertz CT molecular complexity index is 893. The number of rotatable bonds is 4. The first kappa shape index (κ1) is 16.0. The summed E-state index contributed by atoms with van der Waals surface area (Å²) >= 11 is 5.88. The molecule has 0 aliphatic rings. The number of nitriles is 1. The fourth-order valence-corrected chi connectivity index (χ4v) is 2.58. The van der Waals surface area contributed by atoms with Crippen molar-refractivity contribution < 1.29 is 4.39 Å². The predicted molar refractivity (Wildman–Crippen MR) is 91.1 cm³/mol. The summed E-state index contributed by atoms with van der Waals surface area (Å²) in [5, 5.41) is 14.5. The van der Waals surface area contributed by atoms with Gasteiger partial charge in [-0.15, -0.1) is 0 Å². The average Bonchev–Trinajstić information content (AvgIpc) is 2.86. The molecular weight excluding hydrogens is 327 g/mol. The minimum absolute atomic E-state index is 0.299. The van der Waals surface area contributed by atoms with Crippen LogP contribution in [0.4, 0.5) is 10.2 Å². The van der Waals surface area contributed by atoms with E-state index in [0.29, 0.717) is 35.1 Å². The van der Waals surface area contributed by atoms with Crippen LogP contribution in [0.1, 0.15) is 22.4 Å². The summed E-state index contributed by atoms with van der Waals surface area (Å²) in [6.45, 7) is 0.446. The van der Waals surface area contributed by atoms with Gasteiger partial charge in [0.15, 0.2) is 0 Å². The Kier molecular flexibility index (Phi) is 4.50. The number of aromatic nitrogens is 2. The Morgan fingerprint density at radius 2 is 1.71 bits per heavy atom. The van der Waals surface area contributed by atoms with Crippen molar-refractivity contribution >= 4 is 17.4 Å². The number of nitrogens with two attached hydrogens (primary N) is 1. The summed E-state index contributed by atoms with van der Waals surface area (Å²) in [6, 6.07) is 15.6. The van der Waals surface area contributed by atoms with Gasteiger partial charge < -0.3 is 5.73 Å². The van der Waals surface area contributed by atoms with Gasteiger partial charge in [-0.2, -0.15) is 10.4 Å². The Balaban J connectivity index is 1.89. The standard InChI is InChI=1S/C18H14ClFN4/c19-14-5-1-13(2-6-14)11-24-18(22)16(10-21)17(23-24)9-12-3-7-15(20)8-4-12/h1-8H,9,11,22H2. The van der Waals surface area contributed by atoms with Crippen LogP contribution >= 0.6 is 11.6 Å².